The first-order valence-corrected chi connectivity index (χ1v) is 8.84. The van der Waals surface area contributed by atoms with Gasteiger partial charge < -0.3 is 10.2 Å². The molecule has 2 rings (SSSR count). The number of alkyl halides is 3. The maximum atomic E-state index is 13.1. The van der Waals surface area contributed by atoms with Crippen LogP contribution in [0.3, 0.4) is 0 Å². The molecule has 1 atom stereocenters. The van der Waals surface area contributed by atoms with Gasteiger partial charge in [0.2, 0.25) is 0 Å². The molecular weight excluding hydrogens is 309 g/mol. The summed E-state index contributed by atoms with van der Waals surface area (Å²) in [5, 5.41) is 2.06. The fourth-order valence-corrected chi connectivity index (χ4v) is 4.10. The van der Waals surface area contributed by atoms with Gasteiger partial charge in [0.1, 0.15) is 6.04 Å². The highest BCUT2D eigenvalue weighted by Gasteiger charge is 2.46. The summed E-state index contributed by atoms with van der Waals surface area (Å²) in [6, 6.07) is -2.66. The van der Waals surface area contributed by atoms with Gasteiger partial charge in [-0.3, -0.25) is 0 Å². The number of carbonyl (C=O) groups is 1. The highest BCUT2D eigenvalue weighted by molar-refractivity contribution is 7.91. The zero-order valence-corrected chi connectivity index (χ0v) is 12.3. The molecule has 2 fully saturated rings. The van der Waals surface area contributed by atoms with E-state index in [1.165, 1.54) is 0 Å². The van der Waals surface area contributed by atoms with Gasteiger partial charge in [0, 0.05) is 13.1 Å². The number of hydrogen-bond donors (Lipinski definition) is 1. The summed E-state index contributed by atoms with van der Waals surface area (Å²) < 4.78 is 61.8. The quantitative estimate of drug-likeness (QED) is 0.836. The summed E-state index contributed by atoms with van der Waals surface area (Å²) >= 11 is 0. The molecule has 0 radical (unpaired) electrons. The molecule has 0 aromatic rings. The predicted octanol–water partition coefficient (Wildman–Crippen LogP) is 1.55. The van der Waals surface area contributed by atoms with Crippen LogP contribution in [0.1, 0.15) is 25.7 Å². The van der Waals surface area contributed by atoms with E-state index >= 15 is 0 Å². The molecule has 122 valence electrons. The predicted molar refractivity (Wildman–Crippen MR) is 70.6 cm³/mol. The lowest BCUT2D eigenvalue weighted by molar-refractivity contribution is -0.165. The van der Waals surface area contributed by atoms with Crippen LogP contribution in [0.15, 0.2) is 0 Å². The van der Waals surface area contributed by atoms with Crippen molar-refractivity contribution in [1.82, 2.24) is 10.2 Å². The molecule has 0 bridgehead atoms. The van der Waals surface area contributed by atoms with Crippen LogP contribution in [0.2, 0.25) is 0 Å². The van der Waals surface area contributed by atoms with E-state index in [0.717, 1.165) is 17.7 Å². The SMILES string of the molecule is O=C(NC(C1CCCC1)C(F)(F)F)N1CCS(=O)(=O)CC1. The van der Waals surface area contributed by atoms with Crippen LogP contribution >= 0.6 is 0 Å². The minimum absolute atomic E-state index is 0.0522. The molecule has 1 saturated heterocycles. The molecule has 1 aliphatic heterocycles. The normalized spacial score (nSPS) is 24.8. The number of carbonyl (C=O) groups excluding carboxylic acids is 1. The first-order chi connectivity index (χ1) is 9.69. The Morgan fingerprint density at radius 1 is 1.14 bits per heavy atom. The number of halogens is 3. The molecule has 1 heterocycles. The third-order valence-corrected chi connectivity index (χ3v) is 5.74. The number of hydrogen-bond acceptors (Lipinski definition) is 3. The fraction of sp³-hybridized carbons (Fsp3) is 0.917. The zero-order valence-electron chi connectivity index (χ0n) is 11.5. The smallest absolute Gasteiger partial charge is 0.326 e. The maximum absolute atomic E-state index is 13.1. The third-order valence-electron chi connectivity index (χ3n) is 4.13. The molecule has 2 amide bonds. The fourth-order valence-electron chi connectivity index (χ4n) is 2.90. The van der Waals surface area contributed by atoms with Crippen molar-refractivity contribution in [3.8, 4) is 0 Å². The summed E-state index contributed by atoms with van der Waals surface area (Å²) in [5.41, 5.74) is 0. The van der Waals surface area contributed by atoms with E-state index < -0.39 is 34.0 Å². The van der Waals surface area contributed by atoms with Crippen LogP contribution in [0.4, 0.5) is 18.0 Å². The summed E-state index contributed by atoms with van der Waals surface area (Å²) in [4.78, 5) is 13.1. The van der Waals surface area contributed by atoms with Crippen LogP contribution in [0.25, 0.3) is 0 Å². The van der Waals surface area contributed by atoms with Gasteiger partial charge in [-0.1, -0.05) is 12.8 Å². The van der Waals surface area contributed by atoms with Crippen molar-refractivity contribution < 1.29 is 26.4 Å². The standard InChI is InChI=1S/C12H19F3N2O3S/c13-12(14,15)10(9-3-1-2-4-9)16-11(18)17-5-7-21(19,20)8-6-17/h9-10H,1-8H2,(H,16,18). The maximum Gasteiger partial charge on any atom is 0.408 e. The van der Waals surface area contributed by atoms with Gasteiger partial charge in [0.15, 0.2) is 9.84 Å². The Kier molecular flexibility index (Phi) is 4.69. The molecule has 5 nitrogen and oxygen atoms in total. The van der Waals surface area contributed by atoms with Crippen LogP contribution in [0.5, 0.6) is 0 Å². The average molecular weight is 328 g/mol. The molecule has 1 N–H and O–H groups in total. The van der Waals surface area contributed by atoms with E-state index in [9.17, 15) is 26.4 Å². The first kappa shape index (κ1) is 16.4. The minimum Gasteiger partial charge on any atom is -0.326 e. The van der Waals surface area contributed by atoms with Crippen LogP contribution in [-0.2, 0) is 9.84 Å². The molecule has 1 saturated carbocycles. The lowest BCUT2D eigenvalue weighted by Gasteiger charge is -2.32. The van der Waals surface area contributed by atoms with Crippen LogP contribution in [-0.4, -0.2) is 56.2 Å². The molecule has 0 aromatic heterocycles. The van der Waals surface area contributed by atoms with Gasteiger partial charge in [-0.2, -0.15) is 13.2 Å². The molecule has 1 aliphatic carbocycles. The zero-order chi connectivity index (χ0) is 15.7. The number of sulfone groups is 1. The van der Waals surface area contributed by atoms with E-state index in [2.05, 4.69) is 5.32 Å². The molecular formula is C12H19F3N2O3S. The first-order valence-electron chi connectivity index (χ1n) is 7.01. The van der Waals surface area contributed by atoms with E-state index in [1.54, 1.807) is 0 Å². The van der Waals surface area contributed by atoms with Crippen molar-refractivity contribution >= 4 is 15.9 Å². The van der Waals surface area contributed by atoms with E-state index in [4.69, 9.17) is 0 Å². The van der Waals surface area contributed by atoms with Crippen molar-refractivity contribution in [3.63, 3.8) is 0 Å². The molecule has 21 heavy (non-hydrogen) atoms. The van der Waals surface area contributed by atoms with Crippen LogP contribution in [0, 0.1) is 5.92 Å². The third kappa shape index (κ3) is 4.24. The number of rotatable bonds is 2. The highest BCUT2D eigenvalue weighted by Crippen LogP contribution is 2.35. The largest absolute Gasteiger partial charge is 0.408 e. The second kappa shape index (κ2) is 6.02. The van der Waals surface area contributed by atoms with Gasteiger partial charge in [0.05, 0.1) is 11.5 Å². The lowest BCUT2D eigenvalue weighted by atomic mass is 9.98. The van der Waals surface area contributed by atoms with E-state index in [-0.39, 0.29) is 24.6 Å². The molecule has 1 unspecified atom stereocenters. The number of amides is 2. The molecule has 9 heteroatoms. The number of urea groups is 1. The van der Waals surface area contributed by atoms with Gasteiger partial charge >= 0.3 is 12.2 Å². The molecule has 0 spiro atoms. The van der Waals surface area contributed by atoms with Gasteiger partial charge in [-0.05, 0) is 18.8 Å². The van der Waals surface area contributed by atoms with E-state index in [1.807, 2.05) is 0 Å². The summed E-state index contributed by atoms with van der Waals surface area (Å²) in [5.74, 6) is -0.969. The highest BCUT2D eigenvalue weighted by atomic mass is 32.2. The second-order valence-corrected chi connectivity index (χ2v) is 7.96. The average Bonchev–Trinajstić information content (AvgIpc) is 2.87. The number of nitrogens with one attached hydrogen (secondary N) is 1. The van der Waals surface area contributed by atoms with Gasteiger partial charge in [-0.25, -0.2) is 13.2 Å². The second-order valence-electron chi connectivity index (χ2n) is 5.65. The topological polar surface area (TPSA) is 66.5 Å². The van der Waals surface area contributed by atoms with Crippen molar-refractivity contribution in [2.24, 2.45) is 5.92 Å². The Morgan fingerprint density at radius 3 is 2.14 bits per heavy atom. The van der Waals surface area contributed by atoms with Crippen molar-refractivity contribution in [3.05, 3.63) is 0 Å². The molecule has 2 aliphatic rings. The van der Waals surface area contributed by atoms with Crippen molar-refractivity contribution in [2.45, 2.75) is 37.9 Å². The van der Waals surface area contributed by atoms with Gasteiger partial charge in [-0.15, -0.1) is 0 Å². The van der Waals surface area contributed by atoms with E-state index in [0.29, 0.717) is 12.8 Å². The summed E-state index contributed by atoms with van der Waals surface area (Å²) in [6.07, 6.45) is -2.08. The lowest BCUT2D eigenvalue weighted by Crippen LogP contribution is -2.56. The summed E-state index contributed by atoms with van der Waals surface area (Å²) in [6.45, 7) is -0.104. The Labute approximate surface area is 121 Å². The Morgan fingerprint density at radius 2 is 1.67 bits per heavy atom. The van der Waals surface area contributed by atoms with Gasteiger partial charge in [0.25, 0.3) is 0 Å². The number of nitrogens with zero attached hydrogens (tertiary/aromatic N) is 1. The Hall–Kier alpha value is -0.990. The van der Waals surface area contributed by atoms with Crippen molar-refractivity contribution in [2.75, 3.05) is 24.6 Å². The minimum atomic E-state index is -4.48. The molecule has 0 aromatic carbocycles. The Balaban J connectivity index is 1.98. The monoisotopic (exact) mass is 328 g/mol. The Bertz CT molecular complexity index is 472. The van der Waals surface area contributed by atoms with Crippen molar-refractivity contribution in [1.29, 1.82) is 0 Å². The summed E-state index contributed by atoms with van der Waals surface area (Å²) in [7, 11) is -3.17. The van der Waals surface area contributed by atoms with Crippen LogP contribution < -0.4 is 5.32 Å².